The number of benzene rings is 1. The maximum Gasteiger partial charge on any atom is 0.431 e. The van der Waals surface area contributed by atoms with Crippen LogP contribution in [0.1, 0.15) is 23.0 Å². The van der Waals surface area contributed by atoms with E-state index >= 15 is 0 Å². The molecule has 32 heavy (non-hydrogen) atoms. The molecule has 3 atom stereocenters. The minimum absolute atomic E-state index is 0.0418. The molecule has 0 spiro atoms. The number of hydrogen-bond acceptors (Lipinski definition) is 6. The molecule has 1 saturated heterocycles. The average molecular weight is 473 g/mol. The number of anilines is 1. The lowest BCUT2D eigenvalue weighted by atomic mass is 9.71. The van der Waals surface area contributed by atoms with Crippen molar-refractivity contribution in [2.24, 2.45) is 16.6 Å². The Balaban J connectivity index is 1.73. The Kier molecular flexibility index (Phi) is 5.29. The van der Waals surface area contributed by atoms with Gasteiger partial charge in [-0.1, -0.05) is 11.6 Å². The van der Waals surface area contributed by atoms with Crippen molar-refractivity contribution in [3.8, 4) is 0 Å². The highest BCUT2D eigenvalue weighted by Gasteiger charge is 2.71. The number of halogens is 5. The van der Waals surface area contributed by atoms with E-state index in [1.807, 2.05) is 0 Å². The molecular weight excluding hydrogens is 456 g/mol. The number of carbonyl (C=O) groups is 1. The Morgan fingerprint density at radius 3 is 2.72 bits per heavy atom. The summed E-state index contributed by atoms with van der Waals surface area (Å²) < 4.78 is 67.0. The third kappa shape index (κ3) is 3.55. The van der Waals surface area contributed by atoms with E-state index in [0.29, 0.717) is 5.02 Å². The number of amidine groups is 1. The average Bonchev–Trinajstić information content (AvgIpc) is 3.16. The molecule has 3 heterocycles. The van der Waals surface area contributed by atoms with E-state index in [1.54, 1.807) is 0 Å². The summed E-state index contributed by atoms with van der Waals surface area (Å²) in [7, 11) is 0. The smallest absolute Gasteiger partial charge is 0.431 e. The fourth-order valence-electron chi connectivity index (χ4n) is 4.08. The van der Waals surface area contributed by atoms with Gasteiger partial charge >= 0.3 is 6.18 Å². The van der Waals surface area contributed by atoms with Crippen molar-refractivity contribution in [2.45, 2.75) is 24.2 Å². The lowest BCUT2D eigenvalue weighted by Gasteiger charge is -2.46. The number of aromatic nitrogens is 1. The van der Waals surface area contributed by atoms with Crippen LogP contribution in [0.3, 0.4) is 0 Å². The second-order valence-corrected chi connectivity index (χ2v) is 8.10. The second kappa shape index (κ2) is 7.59. The van der Waals surface area contributed by atoms with Crippen LogP contribution in [0.5, 0.6) is 0 Å². The van der Waals surface area contributed by atoms with E-state index in [-0.39, 0.29) is 23.6 Å². The van der Waals surface area contributed by atoms with Gasteiger partial charge in [-0.15, -0.1) is 0 Å². The Morgan fingerprint density at radius 2 is 2.06 bits per heavy atom. The summed E-state index contributed by atoms with van der Waals surface area (Å²) in [5.41, 5.74) is 1.02. The molecule has 0 bridgehead atoms. The van der Waals surface area contributed by atoms with E-state index < -0.39 is 47.6 Å². The monoisotopic (exact) mass is 472 g/mol. The third-order valence-corrected chi connectivity index (χ3v) is 5.90. The SMILES string of the molecule is C[C@]1(c2cc(NC(=O)c3ccc(Cl)cn3)ccc2F)N=C(N)O[C@]2(C(F)(F)F)COC[C@H]12. The molecule has 0 saturated carbocycles. The molecule has 1 fully saturated rings. The molecule has 1 aromatic carbocycles. The molecule has 2 aromatic rings. The van der Waals surface area contributed by atoms with Gasteiger partial charge in [-0.25, -0.2) is 14.4 Å². The largest absolute Gasteiger partial charge is 0.446 e. The first-order valence-electron chi connectivity index (χ1n) is 9.38. The molecule has 2 aliphatic heterocycles. The first kappa shape index (κ1) is 22.3. The predicted molar refractivity (Wildman–Crippen MR) is 107 cm³/mol. The van der Waals surface area contributed by atoms with Crippen LogP contribution in [0.2, 0.25) is 5.02 Å². The van der Waals surface area contributed by atoms with Gasteiger partial charge in [0.05, 0.1) is 24.2 Å². The summed E-state index contributed by atoms with van der Waals surface area (Å²) in [6.07, 6.45) is -3.57. The van der Waals surface area contributed by atoms with E-state index in [1.165, 1.54) is 37.4 Å². The lowest BCUT2D eigenvalue weighted by molar-refractivity contribution is -0.274. The van der Waals surface area contributed by atoms with Crippen molar-refractivity contribution >= 4 is 29.2 Å². The first-order chi connectivity index (χ1) is 15.0. The molecular formula is C20H17ClF4N4O3. The molecule has 4 rings (SSSR count). The Labute approximate surface area is 184 Å². The molecule has 1 amide bonds. The number of ether oxygens (including phenoxy) is 2. The zero-order valence-corrected chi connectivity index (χ0v) is 17.3. The van der Waals surface area contributed by atoms with Crippen LogP contribution in [0, 0.1) is 11.7 Å². The predicted octanol–water partition coefficient (Wildman–Crippen LogP) is 3.63. The molecule has 3 N–H and O–H groups in total. The van der Waals surface area contributed by atoms with E-state index in [4.69, 9.17) is 26.8 Å². The minimum atomic E-state index is -4.85. The number of nitrogens with one attached hydrogen (secondary N) is 1. The molecule has 2 aliphatic rings. The van der Waals surface area contributed by atoms with Crippen LogP contribution >= 0.6 is 11.6 Å². The number of nitrogens with two attached hydrogens (primary N) is 1. The Morgan fingerprint density at radius 1 is 1.31 bits per heavy atom. The maximum absolute atomic E-state index is 14.9. The first-order valence-corrected chi connectivity index (χ1v) is 9.76. The zero-order chi connectivity index (χ0) is 23.3. The van der Waals surface area contributed by atoms with E-state index in [0.717, 1.165) is 6.07 Å². The van der Waals surface area contributed by atoms with Gasteiger partial charge in [0.25, 0.3) is 11.9 Å². The molecule has 0 unspecified atom stereocenters. The zero-order valence-electron chi connectivity index (χ0n) is 16.5. The number of hydrogen-bond donors (Lipinski definition) is 2. The van der Waals surface area contributed by atoms with Crippen molar-refractivity contribution < 1.29 is 31.8 Å². The van der Waals surface area contributed by atoms with Crippen LogP contribution in [-0.4, -0.2) is 41.9 Å². The normalized spacial score (nSPS) is 27.3. The van der Waals surface area contributed by atoms with Gasteiger partial charge in [-0.05, 0) is 37.3 Å². The van der Waals surface area contributed by atoms with Gasteiger partial charge < -0.3 is 20.5 Å². The molecule has 7 nitrogen and oxygen atoms in total. The summed E-state index contributed by atoms with van der Waals surface area (Å²) >= 11 is 5.76. The number of aliphatic imine (C=N–C) groups is 1. The Hall–Kier alpha value is -2.92. The molecule has 1 aromatic heterocycles. The van der Waals surface area contributed by atoms with Crippen LogP contribution in [0.25, 0.3) is 0 Å². The number of alkyl halides is 3. The number of amides is 1. The number of nitrogens with zero attached hydrogens (tertiary/aromatic N) is 2. The van der Waals surface area contributed by atoms with Gasteiger partial charge in [-0.3, -0.25) is 4.79 Å². The highest BCUT2D eigenvalue weighted by Crippen LogP contribution is 2.54. The summed E-state index contributed by atoms with van der Waals surface area (Å²) in [6, 6.07) is 5.63. The van der Waals surface area contributed by atoms with Crippen LogP contribution in [-0.2, 0) is 15.0 Å². The minimum Gasteiger partial charge on any atom is -0.446 e. The van der Waals surface area contributed by atoms with Crippen molar-refractivity contribution in [3.05, 3.63) is 58.6 Å². The third-order valence-electron chi connectivity index (χ3n) is 5.68. The van der Waals surface area contributed by atoms with Gasteiger partial charge in [0.15, 0.2) is 0 Å². The number of pyridine rings is 1. The summed E-state index contributed by atoms with van der Waals surface area (Å²) in [5.74, 6) is -2.86. The van der Waals surface area contributed by atoms with Crippen LogP contribution in [0.4, 0.5) is 23.2 Å². The van der Waals surface area contributed by atoms with Crippen molar-refractivity contribution in [1.29, 1.82) is 0 Å². The van der Waals surface area contributed by atoms with E-state index in [2.05, 4.69) is 15.3 Å². The number of rotatable bonds is 3. The number of fused-ring (bicyclic) bond motifs is 1. The number of carbonyl (C=O) groups excluding carboxylic acids is 1. The maximum atomic E-state index is 14.9. The van der Waals surface area contributed by atoms with Crippen LogP contribution < -0.4 is 11.1 Å². The van der Waals surface area contributed by atoms with Crippen molar-refractivity contribution in [2.75, 3.05) is 18.5 Å². The summed E-state index contributed by atoms with van der Waals surface area (Å²) in [6.45, 7) is 0.151. The molecule has 12 heteroatoms. The summed E-state index contributed by atoms with van der Waals surface area (Å²) in [5, 5.41) is 2.87. The molecule has 0 radical (unpaired) electrons. The van der Waals surface area contributed by atoms with Gasteiger partial charge in [0.1, 0.15) is 17.1 Å². The van der Waals surface area contributed by atoms with Gasteiger partial charge in [0, 0.05) is 17.4 Å². The quantitative estimate of drug-likeness (QED) is 0.665. The lowest BCUT2D eigenvalue weighted by Crippen LogP contribution is -2.63. The topological polar surface area (TPSA) is 98.8 Å². The fraction of sp³-hybridized carbons (Fsp3) is 0.350. The highest BCUT2D eigenvalue weighted by molar-refractivity contribution is 6.30. The van der Waals surface area contributed by atoms with Crippen molar-refractivity contribution in [1.82, 2.24) is 4.98 Å². The standard InChI is InChI=1S/C20H17ClF4N4O3/c1-18(15-8-31-9-19(15,20(23,24)25)32-17(26)29-18)12-6-11(3-4-13(12)22)28-16(30)14-5-2-10(21)7-27-14/h2-7,15H,8-9H2,1H3,(H2,26,29)(H,28,30)/t15-,18-,19-/m1/s1. The van der Waals surface area contributed by atoms with Gasteiger partial charge in [-0.2, -0.15) is 13.2 Å². The fourth-order valence-corrected chi connectivity index (χ4v) is 4.19. The van der Waals surface area contributed by atoms with Crippen LogP contribution in [0.15, 0.2) is 41.5 Å². The molecule has 0 aliphatic carbocycles. The highest BCUT2D eigenvalue weighted by atomic mass is 35.5. The van der Waals surface area contributed by atoms with Crippen molar-refractivity contribution in [3.63, 3.8) is 0 Å². The van der Waals surface area contributed by atoms with Gasteiger partial charge in [0.2, 0.25) is 5.60 Å². The Bertz CT molecular complexity index is 1100. The molecule has 170 valence electrons. The second-order valence-electron chi connectivity index (χ2n) is 7.66. The summed E-state index contributed by atoms with van der Waals surface area (Å²) in [4.78, 5) is 20.4. The van der Waals surface area contributed by atoms with E-state index in [9.17, 15) is 22.4 Å².